The SMILES string of the molecule is CC(CCc1ccco1)N(C)C(=O)N(C)C. The van der Waals surface area contributed by atoms with Gasteiger partial charge in [-0.3, -0.25) is 0 Å². The number of carbonyl (C=O) groups is 1. The monoisotopic (exact) mass is 224 g/mol. The third kappa shape index (κ3) is 3.29. The van der Waals surface area contributed by atoms with Gasteiger partial charge >= 0.3 is 6.03 Å². The summed E-state index contributed by atoms with van der Waals surface area (Å²) >= 11 is 0. The summed E-state index contributed by atoms with van der Waals surface area (Å²) in [4.78, 5) is 15.0. The van der Waals surface area contributed by atoms with Gasteiger partial charge in [-0.15, -0.1) is 0 Å². The van der Waals surface area contributed by atoms with E-state index in [-0.39, 0.29) is 12.1 Å². The Hall–Kier alpha value is -1.45. The van der Waals surface area contributed by atoms with E-state index in [9.17, 15) is 4.79 Å². The molecule has 0 saturated heterocycles. The van der Waals surface area contributed by atoms with Crippen molar-refractivity contribution < 1.29 is 9.21 Å². The lowest BCUT2D eigenvalue weighted by molar-refractivity contribution is 0.164. The first-order valence-electron chi connectivity index (χ1n) is 5.49. The van der Waals surface area contributed by atoms with Crippen LogP contribution in [0, 0.1) is 0 Å². The van der Waals surface area contributed by atoms with Gasteiger partial charge in [0.2, 0.25) is 0 Å². The zero-order chi connectivity index (χ0) is 12.1. The third-order valence-corrected chi connectivity index (χ3v) is 2.73. The minimum Gasteiger partial charge on any atom is -0.469 e. The zero-order valence-corrected chi connectivity index (χ0v) is 10.4. The zero-order valence-electron chi connectivity index (χ0n) is 10.4. The first kappa shape index (κ1) is 12.6. The minimum atomic E-state index is 0.0342. The molecule has 1 aromatic heterocycles. The fourth-order valence-electron chi connectivity index (χ4n) is 1.50. The number of furan rings is 1. The fraction of sp³-hybridized carbons (Fsp3) is 0.583. The molecular formula is C12H20N2O2. The molecule has 0 radical (unpaired) electrons. The standard InChI is InChI=1S/C12H20N2O2/c1-10(14(4)12(15)13(2)3)7-8-11-6-5-9-16-11/h5-6,9-10H,7-8H2,1-4H3. The molecular weight excluding hydrogens is 204 g/mol. The van der Waals surface area contributed by atoms with Crippen LogP contribution in [0.15, 0.2) is 22.8 Å². The van der Waals surface area contributed by atoms with E-state index >= 15 is 0 Å². The molecule has 0 aliphatic rings. The first-order valence-corrected chi connectivity index (χ1v) is 5.49. The average Bonchev–Trinajstić information content (AvgIpc) is 2.76. The van der Waals surface area contributed by atoms with Crippen LogP contribution in [0.1, 0.15) is 19.1 Å². The van der Waals surface area contributed by atoms with Gasteiger partial charge < -0.3 is 14.2 Å². The molecule has 1 unspecified atom stereocenters. The van der Waals surface area contributed by atoms with E-state index < -0.39 is 0 Å². The summed E-state index contributed by atoms with van der Waals surface area (Å²) in [6.45, 7) is 2.05. The Morgan fingerprint density at radius 1 is 1.44 bits per heavy atom. The van der Waals surface area contributed by atoms with E-state index in [1.54, 1.807) is 30.2 Å². The molecule has 0 bridgehead atoms. The Bertz CT molecular complexity index is 320. The van der Waals surface area contributed by atoms with Crippen molar-refractivity contribution in [1.29, 1.82) is 0 Å². The highest BCUT2D eigenvalue weighted by Gasteiger charge is 2.17. The molecule has 0 aliphatic heterocycles. The van der Waals surface area contributed by atoms with Crippen LogP contribution in [-0.2, 0) is 6.42 Å². The summed E-state index contributed by atoms with van der Waals surface area (Å²) in [7, 11) is 5.35. The molecule has 90 valence electrons. The molecule has 2 amide bonds. The van der Waals surface area contributed by atoms with Gasteiger partial charge in [0.1, 0.15) is 5.76 Å². The second kappa shape index (κ2) is 5.58. The highest BCUT2D eigenvalue weighted by molar-refractivity contribution is 5.73. The van der Waals surface area contributed by atoms with Gasteiger partial charge in [-0.05, 0) is 25.5 Å². The van der Waals surface area contributed by atoms with Gasteiger partial charge in [0.25, 0.3) is 0 Å². The second-order valence-electron chi connectivity index (χ2n) is 4.25. The Kier molecular flexibility index (Phi) is 4.40. The number of amides is 2. The average molecular weight is 224 g/mol. The first-order chi connectivity index (χ1) is 7.52. The van der Waals surface area contributed by atoms with Crippen LogP contribution in [0.2, 0.25) is 0 Å². The van der Waals surface area contributed by atoms with Crippen molar-refractivity contribution in [3.8, 4) is 0 Å². The highest BCUT2D eigenvalue weighted by atomic mass is 16.3. The number of urea groups is 1. The summed E-state index contributed by atoms with van der Waals surface area (Å²) in [5, 5.41) is 0. The van der Waals surface area contributed by atoms with E-state index in [4.69, 9.17) is 4.42 Å². The number of carbonyl (C=O) groups excluding carboxylic acids is 1. The highest BCUT2D eigenvalue weighted by Crippen LogP contribution is 2.10. The number of hydrogen-bond donors (Lipinski definition) is 0. The normalized spacial score (nSPS) is 12.2. The molecule has 4 nitrogen and oxygen atoms in total. The van der Waals surface area contributed by atoms with Crippen LogP contribution >= 0.6 is 0 Å². The van der Waals surface area contributed by atoms with E-state index in [1.165, 1.54) is 0 Å². The van der Waals surface area contributed by atoms with Gasteiger partial charge in [0, 0.05) is 33.6 Å². The molecule has 0 fully saturated rings. The number of aryl methyl sites for hydroxylation is 1. The molecule has 1 aromatic rings. The minimum absolute atomic E-state index is 0.0342. The van der Waals surface area contributed by atoms with Crippen LogP contribution in [-0.4, -0.2) is 43.0 Å². The Morgan fingerprint density at radius 3 is 2.62 bits per heavy atom. The maximum absolute atomic E-state index is 11.7. The quantitative estimate of drug-likeness (QED) is 0.786. The molecule has 0 saturated carbocycles. The molecule has 0 aromatic carbocycles. The third-order valence-electron chi connectivity index (χ3n) is 2.73. The molecule has 4 heteroatoms. The van der Waals surface area contributed by atoms with Crippen molar-refractivity contribution in [3.05, 3.63) is 24.2 Å². The predicted molar refractivity (Wildman–Crippen MR) is 63.3 cm³/mol. The topological polar surface area (TPSA) is 36.7 Å². The van der Waals surface area contributed by atoms with Crippen LogP contribution < -0.4 is 0 Å². The van der Waals surface area contributed by atoms with Gasteiger partial charge in [-0.25, -0.2) is 4.79 Å². The maximum Gasteiger partial charge on any atom is 0.319 e. The van der Waals surface area contributed by atoms with Crippen LogP contribution in [0.4, 0.5) is 4.79 Å². The van der Waals surface area contributed by atoms with Crippen molar-refractivity contribution in [3.63, 3.8) is 0 Å². The predicted octanol–water partition coefficient (Wildman–Crippen LogP) is 2.21. The van der Waals surface area contributed by atoms with Crippen LogP contribution in [0.25, 0.3) is 0 Å². The van der Waals surface area contributed by atoms with Gasteiger partial charge in [0.05, 0.1) is 6.26 Å². The smallest absolute Gasteiger partial charge is 0.319 e. The number of nitrogens with zero attached hydrogens (tertiary/aromatic N) is 2. The van der Waals surface area contributed by atoms with Crippen molar-refractivity contribution in [2.45, 2.75) is 25.8 Å². The van der Waals surface area contributed by atoms with Gasteiger partial charge in [-0.1, -0.05) is 0 Å². The molecule has 1 rings (SSSR count). The molecule has 16 heavy (non-hydrogen) atoms. The lowest BCUT2D eigenvalue weighted by atomic mass is 10.1. The fourth-order valence-corrected chi connectivity index (χ4v) is 1.50. The lowest BCUT2D eigenvalue weighted by Crippen LogP contribution is -2.41. The summed E-state index contributed by atoms with van der Waals surface area (Å²) in [6, 6.07) is 4.08. The lowest BCUT2D eigenvalue weighted by Gasteiger charge is -2.27. The van der Waals surface area contributed by atoms with Gasteiger partial charge in [0.15, 0.2) is 0 Å². The Morgan fingerprint density at radius 2 is 2.12 bits per heavy atom. The van der Waals surface area contributed by atoms with E-state index in [1.807, 2.05) is 26.1 Å². The van der Waals surface area contributed by atoms with Crippen molar-refractivity contribution >= 4 is 6.03 Å². The van der Waals surface area contributed by atoms with E-state index in [0.29, 0.717) is 0 Å². The summed E-state index contributed by atoms with van der Waals surface area (Å²) in [5.41, 5.74) is 0. The van der Waals surface area contributed by atoms with Crippen LogP contribution in [0.3, 0.4) is 0 Å². The largest absolute Gasteiger partial charge is 0.469 e. The van der Waals surface area contributed by atoms with Crippen molar-refractivity contribution in [2.24, 2.45) is 0 Å². The number of hydrogen-bond acceptors (Lipinski definition) is 2. The second-order valence-corrected chi connectivity index (χ2v) is 4.25. The Balaban J connectivity index is 2.40. The van der Waals surface area contributed by atoms with E-state index in [2.05, 4.69) is 0 Å². The molecule has 0 spiro atoms. The number of rotatable bonds is 4. The molecule has 0 N–H and O–H groups in total. The molecule has 1 atom stereocenters. The van der Waals surface area contributed by atoms with Crippen molar-refractivity contribution in [1.82, 2.24) is 9.80 Å². The molecule has 0 aliphatic carbocycles. The molecule has 1 heterocycles. The maximum atomic E-state index is 11.7. The summed E-state index contributed by atoms with van der Waals surface area (Å²) in [6.07, 6.45) is 3.44. The summed E-state index contributed by atoms with van der Waals surface area (Å²) < 4.78 is 5.26. The van der Waals surface area contributed by atoms with Gasteiger partial charge in [-0.2, -0.15) is 0 Å². The Labute approximate surface area is 96.8 Å². The van der Waals surface area contributed by atoms with Crippen LogP contribution in [0.5, 0.6) is 0 Å². The van der Waals surface area contributed by atoms with E-state index in [0.717, 1.165) is 18.6 Å². The van der Waals surface area contributed by atoms with Crippen molar-refractivity contribution in [2.75, 3.05) is 21.1 Å². The summed E-state index contributed by atoms with van der Waals surface area (Å²) in [5.74, 6) is 0.970.